The monoisotopic (exact) mass is 505 g/mol. The van der Waals surface area contributed by atoms with Gasteiger partial charge in [0.25, 0.3) is 0 Å². The molecule has 2 aromatic rings. The molecule has 1 aliphatic heterocycles. The Hall–Kier alpha value is -3.68. The van der Waals surface area contributed by atoms with Crippen LogP contribution in [0.4, 0.5) is 11.4 Å². The van der Waals surface area contributed by atoms with Gasteiger partial charge in [-0.2, -0.15) is 0 Å². The van der Waals surface area contributed by atoms with E-state index in [-0.39, 0.29) is 29.7 Å². The van der Waals surface area contributed by atoms with Crippen LogP contribution in [0.3, 0.4) is 0 Å². The lowest BCUT2D eigenvalue weighted by Gasteiger charge is -2.38. The number of carbonyl (C=O) groups excluding carboxylic acids is 2. The fraction of sp³-hybridized carbons (Fsp3) is 0.448. The van der Waals surface area contributed by atoms with Crippen molar-refractivity contribution in [2.75, 3.05) is 38.1 Å². The van der Waals surface area contributed by atoms with Gasteiger partial charge in [0.15, 0.2) is 17.3 Å². The van der Waals surface area contributed by atoms with E-state index in [2.05, 4.69) is 24.5 Å². The van der Waals surface area contributed by atoms with Gasteiger partial charge in [0.05, 0.1) is 45.3 Å². The Bertz CT molecular complexity index is 1240. The summed E-state index contributed by atoms with van der Waals surface area (Å²) in [5.74, 6) is 1.47. The first-order valence-corrected chi connectivity index (χ1v) is 12.7. The molecule has 0 saturated heterocycles. The van der Waals surface area contributed by atoms with Crippen molar-refractivity contribution in [1.29, 1.82) is 0 Å². The summed E-state index contributed by atoms with van der Waals surface area (Å²) < 4.78 is 16.9. The van der Waals surface area contributed by atoms with Crippen molar-refractivity contribution in [3.05, 3.63) is 53.2 Å². The first kappa shape index (κ1) is 25.0. The number of carbonyl (C=O) groups is 2. The van der Waals surface area contributed by atoms with Crippen LogP contribution in [0.5, 0.6) is 17.2 Å². The summed E-state index contributed by atoms with van der Waals surface area (Å²) in [5.41, 5.74) is 3.88. The molecular weight excluding hydrogens is 470 g/mol. The lowest BCUT2D eigenvalue weighted by Crippen LogP contribution is -2.42. The standard InChI is InChI=1S/C29H35N3O5/c1-29(2)14-20-26(22(33)15-29)27(17-12-23(35-3)28(37-5)24(13-17)36-4)32(16-25(34)30-18-10-11-18)21-9-7-6-8-19(21)31-20/h6-9,12-13,18,27,31H,10-11,14-16H2,1-5H3,(H,30,34). The third-order valence-electron chi connectivity index (χ3n) is 7.26. The Morgan fingerprint density at radius 2 is 1.73 bits per heavy atom. The molecule has 1 saturated carbocycles. The van der Waals surface area contributed by atoms with Crippen LogP contribution in [0, 0.1) is 5.41 Å². The van der Waals surface area contributed by atoms with Crippen LogP contribution in [-0.2, 0) is 9.59 Å². The molecule has 2 aromatic carbocycles. The second-order valence-electron chi connectivity index (χ2n) is 10.8. The van der Waals surface area contributed by atoms with E-state index in [9.17, 15) is 9.59 Å². The lowest BCUT2D eigenvalue weighted by atomic mass is 9.73. The van der Waals surface area contributed by atoms with Crippen molar-refractivity contribution in [1.82, 2.24) is 5.32 Å². The number of amides is 1. The molecule has 1 heterocycles. The molecule has 2 aliphatic carbocycles. The number of benzene rings is 2. The van der Waals surface area contributed by atoms with Gasteiger partial charge in [-0.05, 0) is 54.5 Å². The predicted octanol–water partition coefficient (Wildman–Crippen LogP) is 4.61. The summed E-state index contributed by atoms with van der Waals surface area (Å²) in [7, 11) is 4.71. The molecule has 8 heteroatoms. The number of hydrogen-bond donors (Lipinski definition) is 2. The number of rotatable bonds is 7. The minimum absolute atomic E-state index is 0.0672. The molecular formula is C29H35N3O5. The number of Topliss-reactive ketones (excluding diaryl/α,β-unsaturated/α-hetero) is 1. The molecule has 1 unspecified atom stereocenters. The number of anilines is 2. The number of nitrogens with zero attached hydrogens (tertiary/aromatic N) is 1. The van der Waals surface area contributed by atoms with E-state index < -0.39 is 6.04 Å². The normalized spacial score (nSPS) is 20.3. The highest BCUT2D eigenvalue weighted by atomic mass is 16.5. The Balaban J connectivity index is 1.73. The molecule has 37 heavy (non-hydrogen) atoms. The minimum Gasteiger partial charge on any atom is -0.493 e. The van der Waals surface area contributed by atoms with E-state index in [4.69, 9.17) is 14.2 Å². The first-order chi connectivity index (χ1) is 17.7. The fourth-order valence-corrected chi connectivity index (χ4v) is 5.49. The Labute approximate surface area is 218 Å². The van der Waals surface area contributed by atoms with Crippen molar-refractivity contribution >= 4 is 23.1 Å². The molecule has 0 bridgehead atoms. The van der Waals surface area contributed by atoms with Gasteiger partial charge in [0, 0.05) is 23.7 Å². The zero-order valence-electron chi connectivity index (χ0n) is 22.1. The molecule has 1 atom stereocenters. The van der Waals surface area contributed by atoms with E-state index in [1.54, 1.807) is 21.3 Å². The third-order valence-corrected chi connectivity index (χ3v) is 7.26. The van der Waals surface area contributed by atoms with Gasteiger partial charge < -0.3 is 29.7 Å². The molecule has 1 amide bonds. The van der Waals surface area contributed by atoms with Gasteiger partial charge in [-0.1, -0.05) is 26.0 Å². The van der Waals surface area contributed by atoms with Crippen molar-refractivity contribution in [3.63, 3.8) is 0 Å². The summed E-state index contributed by atoms with van der Waals surface area (Å²) in [6.07, 6.45) is 3.14. The molecule has 5 rings (SSSR count). The van der Waals surface area contributed by atoms with Crippen molar-refractivity contribution < 1.29 is 23.8 Å². The van der Waals surface area contributed by atoms with E-state index in [0.717, 1.165) is 35.5 Å². The van der Waals surface area contributed by atoms with Crippen LogP contribution < -0.4 is 29.7 Å². The fourth-order valence-electron chi connectivity index (χ4n) is 5.49. The summed E-state index contributed by atoms with van der Waals surface area (Å²) in [6.45, 7) is 4.33. The highest BCUT2D eigenvalue weighted by molar-refractivity contribution is 6.02. The largest absolute Gasteiger partial charge is 0.493 e. The summed E-state index contributed by atoms with van der Waals surface area (Å²) in [4.78, 5) is 29.1. The van der Waals surface area contributed by atoms with E-state index in [1.807, 2.05) is 41.3 Å². The maximum Gasteiger partial charge on any atom is 0.239 e. The Morgan fingerprint density at radius 3 is 2.35 bits per heavy atom. The summed E-state index contributed by atoms with van der Waals surface area (Å²) in [6, 6.07) is 11.4. The van der Waals surface area contributed by atoms with Gasteiger partial charge in [-0.3, -0.25) is 9.59 Å². The second kappa shape index (κ2) is 9.65. The van der Waals surface area contributed by atoms with E-state index >= 15 is 0 Å². The predicted molar refractivity (Wildman–Crippen MR) is 142 cm³/mol. The number of ether oxygens (including phenoxy) is 3. The van der Waals surface area contributed by atoms with Crippen LogP contribution in [0.15, 0.2) is 47.7 Å². The molecule has 2 N–H and O–H groups in total. The molecule has 1 fully saturated rings. The van der Waals surface area contributed by atoms with Crippen LogP contribution in [0.1, 0.15) is 51.1 Å². The number of para-hydroxylation sites is 2. The molecule has 8 nitrogen and oxygen atoms in total. The minimum atomic E-state index is -0.534. The van der Waals surface area contributed by atoms with Gasteiger partial charge in [0.1, 0.15) is 0 Å². The van der Waals surface area contributed by atoms with Gasteiger partial charge in [-0.15, -0.1) is 0 Å². The number of allylic oxidation sites excluding steroid dienone is 1. The molecule has 3 aliphatic rings. The van der Waals surface area contributed by atoms with E-state index in [0.29, 0.717) is 35.7 Å². The number of nitrogens with one attached hydrogen (secondary N) is 2. The number of hydrogen-bond acceptors (Lipinski definition) is 7. The van der Waals surface area contributed by atoms with Crippen LogP contribution in [0.2, 0.25) is 0 Å². The molecule has 196 valence electrons. The summed E-state index contributed by atoms with van der Waals surface area (Å²) >= 11 is 0. The van der Waals surface area contributed by atoms with Crippen LogP contribution in [0.25, 0.3) is 0 Å². The SMILES string of the molecule is COc1cc(C2C3=C(CC(C)(C)CC3=O)Nc3ccccc3N2CC(=O)NC2CC2)cc(OC)c1OC. The smallest absolute Gasteiger partial charge is 0.239 e. The highest BCUT2D eigenvalue weighted by Crippen LogP contribution is 2.50. The summed E-state index contributed by atoms with van der Waals surface area (Å²) in [5, 5.41) is 6.69. The molecule has 0 radical (unpaired) electrons. The molecule has 0 spiro atoms. The maximum absolute atomic E-state index is 13.9. The average Bonchev–Trinajstić information content (AvgIpc) is 3.68. The van der Waals surface area contributed by atoms with Crippen LogP contribution in [-0.4, -0.2) is 45.6 Å². The van der Waals surface area contributed by atoms with E-state index in [1.165, 1.54) is 0 Å². The number of methoxy groups -OCH3 is 3. The zero-order valence-corrected chi connectivity index (χ0v) is 22.1. The van der Waals surface area contributed by atoms with Gasteiger partial charge in [0.2, 0.25) is 11.7 Å². The maximum atomic E-state index is 13.9. The Kier molecular flexibility index (Phi) is 6.52. The van der Waals surface area contributed by atoms with Gasteiger partial charge in [-0.25, -0.2) is 0 Å². The van der Waals surface area contributed by atoms with Crippen molar-refractivity contribution in [2.45, 2.75) is 51.6 Å². The molecule has 0 aromatic heterocycles. The quantitative estimate of drug-likeness (QED) is 0.568. The topological polar surface area (TPSA) is 89.1 Å². The number of ketones is 1. The average molecular weight is 506 g/mol. The van der Waals surface area contributed by atoms with Crippen molar-refractivity contribution in [2.24, 2.45) is 5.41 Å². The van der Waals surface area contributed by atoms with Crippen molar-refractivity contribution in [3.8, 4) is 17.2 Å². The van der Waals surface area contributed by atoms with Gasteiger partial charge >= 0.3 is 0 Å². The highest BCUT2D eigenvalue weighted by Gasteiger charge is 2.42. The van der Waals surface area contributed by atoms with Crippen LogP contribution >= 0.6 is 0 Å². The first-order valence-electron chi connectivity index (χ1n) is 12.7. The third kappa shape index (κ3) is 4.84. The zero-order chi connectivity index (χ0) is 26.3. The lowest BCUT2D eigenvalue weighted by molar-refractivity contribution is -0.120. The Morgan fingerprint density at radius 1 is 1.05 bits per heavy atom. The second-order valence-corrected chi connectivity index (χ2v) is 10.8. The number of fused-ring (bicyclic) bond motifs is 1.